The van der Waals surface area contributed by atoms with Crippen molar-refractivity contribution in [3.05, 3.63) is 71.3 Å². The zero-order valence-electron chi connectivity index (χ0n) is 19.8. The number of carbonyl (C=O) groups excluding carboxylic acids is 2. The maximum Gasteiger partial charge on any atom is 0.242 e. The molecule has 2 aromatic rings. The van der Waals surface area contributed by atoms with Crippen LogP contribution in [0, 0.1) is 0 Å². The van der Waals surface area contributed by atoms with Crippen molar-refractivity contribution in [1.29, 1.82) is 0 Å². The van der Waals surface area contributed by atoms with Gasteiger partial charge in [0, 0.05) is 19.0 Å². The van der Waals surface area contributed by atoms with Crippen molar-refractivity contribution in [1.82, 2.24) is 10.2 Å². The van der Waals surface area contributed by atoms with Crippen molar-refractivity contribution in [2.75, 3.05) is 0 Å². The lowest BCUT2D eigenvalue weighted by Crippen LogP contribution is -2.50. The van der Waals surface area contributed by atoms with Crippen LogP contribution >= 0.6 is 0 Å². The Labute approximate surface area is 193 Å². The molecule has 0 aliphatic heterocycles. The van der Waals surface area contributed by atoms with Crippen molar-refractivity contribution < 1.29 is 9.59 Å². The van der Waals surface area contributed by atoms with E-state index in [0.29, 0.717) is 25.3 Å². The highest BCUT2D eigenvalue weighted by Crippen LogP contribution is 2.19. The van der Waals surface area contributed by atoms with E-state index in [1.165, 1.54) is 24.8 Å². The van der Waals surface area contributed by atoms with E-state index in [1.54, 1.807) is 4.90 Å². The van der Waals surface area contributed by atoms with E-state index in [9.17, 15) is 9.59 Å². The van der Waals surface area contributed by atoms with Gasteiger partial charge in [-0.3, -0.25) is 9.59 Å². The summed E-state index contributed by atoms with van der Waals surface area (Å²) in [6, 6.07) is 18.2. The van der Waals surface area contributed by atoms with Crippen LogP contribution in [0.3, 0.4) is 0 Å². The minimum absolute atomic E-state index is 0.0214. The zero-order chi connectivity index (χ0) is 22.9. The highest BCUT2D eigenvalue weighted by molar-refractivity contribution is 5.87. The summed E-state index contributed by atoms with van der Waals surface area (Å²) in [4.78, 5) is 28.0. The van der Waals surface area contributed by atoms with E-state index in [2.05, 4.69) is 43.4 Å². The van der Waals surface area contributed by atoms with Gasteiger partial charge in [-0.2, -0.15) is 0 Å². The summed E-state index contributed by atoms with van der Waals surface area (Å²) in [5.74, 6) is 0.478. The maximum absolute atomic E-state index is 13.3. The molecule has 32 heavy (non-hydrogen) atoms. The van der Waals surface area contributed by atoms with Crippen LogP contribution in [0.15, 0.2) is 54.6 Å². The first-order chi connectivity index (χ1) is 15.4. The average Bonchev–Trinajstić information content (AvgIpc) is 2.82. The molecule has 1 N–H and O–H groups in total. The second kappa shape index (κ2) is 11.8. The standard InChI is InChI=1S/C28H38N2O2/c1-21(2)25-17-14-23(15-18-25)16-19-27(31)30(20-24-10-6-4-7-11-24)22(3)28(32)29-26-12-8-5-9-13-26/h4,6-7,10-11,14-15,17-18,21-22,26H,5,8-9,12-13,16,19-20H2,1-3H3,(H,29,32). The molecule has 1 unspecified atom stereocenters. The molecule has 0 aromatic heterocycles. The molecule has 4 nitrogen and oxygen atoms in total. The Morgan fingerprint density at radius 3 is 2.19 bits per heavy atom. The zero-order valence-corrected chi connectivity index (χ0v) is 19.8. The summed E-state index contributed by atoms with van der Waals surface area (Å²) in [5, 5.41) is 3.20. The lowest BCUT2D eigenvalue weighted by molar-refractivity contribution is -0.141. The molecular formula is C28H38N2O2. The highest BCUT2D eigenvalue weighted by atomic mass is 16.2. The van der Waals surface area contributed by atoms with Crippen molar-refractivity contribution >= 4 is 11.8 Å². The number of benzene rings is 2. The van der Waals surface area contributed by atoms with E-state index in [0.717, 1.165) is 24.0 Å². The first-order valence-corrected chi connectivity index (χ1v) is 12.2. The molecule has 0 heterocycles. The smallest absolute Gasteiger partial charge is 0.242 e. The van der Waals surface area contributed by atoms with Crippen molar-refractivity contribution in [2.45, 2.75) is 90.3 Å². The van der Waals surface area contributed by atoms with Crippen LogP contribution in [-0.2, 0) is 22.6 Å². The van der Waals surface area contributed by atoms with E-state index in [1.807, 2.05) is 37.3 Å². The van der Waals surface area contributed by atoms with Crippen LogP contribution < -0.4 is 5.32 Å². The van der Waals surface area contributed by atoms with Gasteiger partial charge in [-0.25, -0.2) is 0 Å². The molecule has 1 fully saturated rings. The Morgan fingerprint density at radius 2 is 1.56 bits per heavy atom. The third-order valence-corrected chi connectivity index (χ3v) is 6.59. The van der Waals surface area contributed by atoms with Crippen molar-refractivity contribution in [3.63, 3.8) is 0 Å². The predicted molar refractivity (Wildman–Crippen MR) is 130 cm³/mol. The molecule has 172 valence electrons. The molecule has 0 radical (unpaired) electrons. The number of hydrogen-bond acceptors (Lipinski definition) is 2. The summed E-state index contributed by atoms with van der Waals surface area (Å²) in [7, 11) is 0. The fourth-order valence-electron chi connectivity index (χ4n) is 4.40. The molecule has 0 spiro atoms. The summed E-state index contributed by atoms with van der Waals surface area (Å²) in [6.07, 6.45) is 6.74. The van der Waals surface area contributed by atoms with Crippen molar-refractivity contribution in [3.8, 4) is 0 Å². The molecule has 2 aromatic carbocycles. The van der Waals surface area contributed by atoms with Crippen LogP contribution in [0.25, 0.3) is 0 Å². The van der Waals surface area contributed by atoms with Gasteiger partial charge in [-0.05, 0) is 48.8 Å². The van der Waals surface area contributed by atoms with E-state index < -0.39 is 6.04 Å². The van der Waals surface area contributed by atoms with E-state index in [4.69, 9.17) is 0 Å². The Bertz CT molecular complexity index is 855. The van der Waals surface area contributed by atoms with Gasteiger partial charge in [-0.15, -0.1) is 0 Å². The fraction of sp³-hybridized carbons (Fsp3) is 0.500. The quantitative estimate of drug-likeness (QED) is 0.558. The summed E-state index contributed by atoms with van der Waals surface area (Å²) >= 11 is 0. The summed E-state index contributed by atoms with van der Waals surface area (Å²) in [5.41, 5.74) is 3.50. The monoisotopic (exact) mass is 434 g/mol. The van der Waals surface area contributed by atoms with Gasteiger partial charge in [0.25, 0.3) is 0 Å². The molecule has 2 amide bonds. The number of amides is 2. The molecule has 3 rings (SSSR count). The number of rotatable bonds is 9. The Morgan fingerprint density at radius 1 is 0.906 bits per heavy atom. The second-order valence-electron chi connectivity index (χ2n) is 9.42. The Kier molecular flexibility index (Phi) is 8.90. The number of hydrogen-bond donors (Lipinski definition) is 1. The predicted octanol–water partition coefficient (Wildman–Crippen LogP) is 5.61. The largest absolute Gasteiger partial charge is 0.352 e. The van der Waals surface area contributed by atoms with Crippen LogP contribution in [-0.4, -0.2) is 28.8 Å². The van der Waals surface area contributed by atoms with Gasteiger partial charge >= 0.3 is 0 Å². The lowest BCUT2D eigenvalue weighted by atomic mass is 9.95. The number of carbonyl (C=O) groups is 2. The minimum atomic E-state index is -0.493. The number of aryl methyl sites for hydroxylation is 1. The first kappa shape index (κ1) is 24.0. The molecule has 1 aliphatic rings. The molecule has 1 atom stereocenters. The molecular weight excluding hydrogens is 396 g/mol. The summed E-state index contributed by atoms with van der Waals surface area (Å²) in [6.45, 7) is 6.67. The highest BCUT2D eigenvalue weighted by Gasteiger charge is 2.27. The Hall–Kier alpha value is -2.62. The minimum Gasteiger partial charge on any atom is -0.352 e. The number of nitrogens with one attached hydrogen (secondary N) is 1. The maximum atomic E-state index is 13.3. The summed E-state index contributed by atoms with van der Waals surface area (Å²) < 4.78 is 0. The Balaban J connectivity index is 1.66. The molecule has 1 aliphatic carbocycles. The SMILES string of the molecule is CC(C)c1ccc(CCC(=O)N(Cc2ccccc2)C(C)C(=O)NC2CCCCC2)cc1. The van der Waals surface area contributed by atoms with E-state index >= 15 is 0 Å². The molecule has 0 saturated heterocycles. The van der Waals surface area contributed by atoms with Crippen LogP contribution in [0.1, 0.15) is 81.9 Å². The van der Waals surface area contributed by atoms with Gasteiger partial charge in [0.2, 0.25) is 11.8 Å². The van der Waals surface area contributed by atoms with E-state index in [-0.39, 0.29) is 17.9 Å². The van der Waals surface area contributed by atoms with Crippen LogP contribution in [0.4, 0.5) is 0 Å². The normalized spacial score (nSPS) is 15.4. The lowest BCUT2D eigenvalue weighted by Gasteiger charge is -2.31. The molecule has 4 heteroatoms. The van der Waals surface area contributed by atoms with Gasteiger partial charge in [0.05, 0.1) is 0 Å². The van der Waals surface area contributed by atoms with Gasteiger partial charge in [0.15, 0.2) is 0 Å². The molecule has 0 bridgehead atoms. The second-order valence-corrected chi connectivity index (χ2v) is 9.42. The third-order valence-electron chi connectivity index (χ3n) is 6.59. The topological polar surface area (TPSA) is 49.4 Å². The van der Waals surface area contributed by atoms with Crippen molar-refractivity contribution in [2.24, 2.45) is 0 Å². The van der Waals surface area contributed by atoms with Crippen LogP contribution in [0.5, 0.6) is 0 Å². The fourth-order valence-corrected chi connectivity index (χ4v) is 4.40. The first-order valence-electron chi connectivity index (χ1n) is 12.2. The molecule has 1 saturated carbocycles. The van der Waals surface area contributed by atoms with Crippen LogP contribution in [0.2, 0.25) is 0 Å². The average molecular weight is 435 g/mol. The van der Waals surface area contributed by atoms with Gasteiger partial charge in [0.1, 0.15) is 6.04 Å². The van der Waals surface area contributed by atoms with Gasteiger partial charge < -0.3 is 10.2 Å². The van der Waals surface area contributed by atoms with Gasteiger partial charge in [-0.1, -0.05) is 87.7 Å². The number of nitrogens with zero attached hydrogens (tertiary/aromatic N) is 1. The third kappa shape index (κ3) is 6.94.